The number of aromatic amines is 1. The predicted molar refractivity (Wildman–Crippen MR) is 142 cm³/mol. The summed E-state index contributed by atoms with van der Waals surface area (Å²) in [7, 11) is 0. The maximum absolute atomic E-state index is 5.33. The van der Waals surface area contributed by atoms with Gasteiger partial charge in [-0.3, -0.25) is 10.00 Å². The summed E-state index contributed by atoms with van der Waals surface area (Å²) < 4.78 is 5.33. The fourth-order valence-corrected chi connectivity index (χ4v) is 3.86. The smallest absolute Gasteiger partial charge is 0.216 e. The molecule has 0 saturated carbocycles. The zero-order valence-electron chi connectivity index (χ0n) is 19.2. The second-order valence-corrected chi connectivity index (χ2v) is 8.11. The van der Waals surface area contributed by atoms with Gasteiger partial charge in [-0.25, -0.2) is 9.98 Å². The van der Waals surface area contributed by atoms with Crippen molar-refractivity contribution in [1.29, 1.82) is 0 Å². The molecule has 3 heterocycles. The summed E-state index contributed by atoms with van der Waals surface area (Å²) in [5, 5.41) is 13.8. The lowest BCUT2D eigenvalue weighted by Gasteiger charge is -2.26. The third-order valence-electron chi connectivity index (χ3n) is 5.57. The third-order valence-corrected chi connectivity index (χ3v) is 5.57. The van der Waals surface area contributed by atoms with E-state index >= 15 is 0 Å². The topological polar surface area (TPSA) is 94.4 Å². The largest absolute Gasteiger partial charge is 0.461 e. The highest BCUT2D eigenvalue weighted by Gasteiger charge is 2.10. The Labute approximate surface area is 212 Å². The number of benzene rings is 1. The van der Waals surface area contributed by atoms with Crippen molar-refractivity contribution in [3.05, 3.63) is 59.6 Å². The molecular weight excluding hydrogens is 529 g/mol. The summed E-state index contributed by atoms with van der Waals surface area (Å²) in [5.74, 6) is 2.85. The number of likely N-dealkylation sites (tertiary alicyclic amines) is 1. The minimum absolute atomic E-state index is 0. The average Bonchev–Trinajstić information content (AvgIpc) is 3.51. The molecule has 9 heteroatoms. The van der Waals surface area contributed by atoms with Crippen LogP contribution in [-0.2, 0) is 19.5 Å². The first kappa shape index (κ1) is 25.2. The lowest BCUT2D eigenvalue weighted by molar-refractivity contribution is 0.221. The maximum atomic E-state index is 5.33. The molecule has 0 amide bonds. The molecule has 2 aromatic heterocycles. The van der Waals surface area contributed by atoms with Crippen LogP contribution in [0.1, 0.15) is 43.1 Å². The summed E-state index contributed by atoms with van der Waals surface area (Å²) in [6.07, 6.45) is 6.36. The molecule has 0 spiro atoms. The second-order valence-electron chi connectivity index (χ2n) is 8.11. The Bertz CT molecular complexity index is 963. The van der Waals surface area contributed by atoms with Crippen molar-refractivity contribution in [3.63, 3.8) is 0 Å². The number of H-pyrrole nitrogens is 1. The summed E-state index contributed by atoms with van der Waals surface area (Å²) in [6, 6.07) is 12.5. The first-order valence-corrected chi connectivity index (χ1v) is 11.6. The van der Waals surface area contributed by atoms with Gasteiger partial charge in [0.25, 0.3) is 0 Å². The molecule has 8 nitrogen and oxygen atoms in total. The van der Waals surface area contributed by atoms with Gasteiger partial charge in [0.05, 0.1) is 12.8 Å². The van der Waals surface area contributed by atoms with E-state index in [2.05, 4.69) is 61.9 Å². The molecule has 1 aliphatic heterocycles. The number of guanidine groups is 1. The highest BCUT2D eigenvalue weighted by atomic mass is 127. The lowest BCUT2D eigenvalue weighted by Crippen LogP contribution is -2.38. The van der Waals surface area contributed by atoms with Crippen LogP contribution in [0.2, 0.25) is 0 Å². The van der Waals surface area contributed by atoms with Crippen molar-refractivity contribution >= 4 is 29.9 Å². The van der Waals surface area contributed by atoms with E-state index < -0.39 is 0 Å². The highest BCUT2D eigenvalue weighted by molar-refractivity contribution is 14.0. The van der Waals surface area contributed by atoms with Crippen LogP contribution in [0.3, 0.4) is 0 Å². The quantitative estimate of drug-likeness (QED) is 0.207. The SMILES string of the molecule is CCNC(=NCc1ccc(CN2CCCCC2)cc1)NCCc1nc(-c2ccco2)n[nH]1.I. The Morgan fingerprint density at radius 3 is 2.61 bits per heavy atom. The van der Waals surface area contributed by atoms with Crippen molar-refractivity contribution in [2.75, 3.05) is 26.2 Å². The Morgan fingerprint density at radius 2 is 1.88 bits per heavy atom. The van der Waals surface area contributed by atoms with Crippen LogP contribution in [0, 0.1) is 0 Å². The van der Waals surface area contributed by atoms with Gasteiger partial charge in [-0.1, -0.05) is 30.7 Å². The van der Waals surface area contributed by atoms with Crippen LogP contribution in [0.4, 0.5) is 0 Å². The number of piperidine rings is 1. The van der Waals surface area contributed by atoms with Crippen molar-refractivity contribution in [2.24, 2.45) is 4.99 Å². The third kappa shape index (κ3) is 7.85. The highest BCUT2D eigenvalue weighted by Crippen LogP contribution is 2.15. The number of nitrogens with one attached hydrogen (secondary N) is 3. The molecule has 1 aromatic carbocycles. The van der Waals surface area contributed by atoms with Gasteiger partial charge in [-0.2, -0.15) is 5.10 Å². The standard InChI is InChI=1S/C24H33N7O.HI/c1-2-25-24(26-13-12-22-28-23(30-29-22)21-7-6-16-32-21)27-17-19-8-10-20(11-9-19)18-31-14-4-3-5-15-31;/h6-11,16H,2-5,12-15,17-18H2,1H3,(H2,25,26,27)(H,28,29,30);1H. The first-order valence-electron chi connectivity index (χ1n) is 11.6. The lowest BCUT2D eigenvalue weighted by atomic mass is 10.1. The minimum Gasteiger partial charge on any atom is -0.461 e. The van der Waals surface area contributed by atoms with E-state index in [0.29, 0.717) is 31.1 Å². The van der Waals surface area contributed by atoms with Crippen molar-refractivity contribution in [2.45, 2.75) is 45.7 Å². The maximum Gasteiger partial charge on any atom is 0.216 e. The van der Waals surface area contributed by atoms with Gasteiger partial charge in [-0.15, -0.1) is 24.0 Å². The normalized spacial score (nSPS) is 14.6. The zero-order chi connectivity index (χ0) is 22.0. The predicted octanol–water partition coefficient (Wildman–Crippen LogP) is 3.97. The Morgan fingerprint density at radius 1 is 1.09 bits per heavy atom. The Kier molecular flexibility index (Phi) is 10.2. The number of halogens is 1. The van der Waals surface area contributed by atoms with Gasteiger partial charge in [0.15, 0.2) is 11.7 Å². The summed E-state index contributed by atoms with van der Waals surface area (Å²) in [5.41, 5.74) is 2.59. The fourth-order valence-electron chi connectivity index (χ4n) is 3.86. The van der Waals surface area contributed by atoms with Crippen molar-refractivity contribution < 1.29 is 4.42 Å². The number of rotatable bonds is 9. The summed E-state index contributed by atoms with van der Waals surface area (Å²) in [4.78, 5) is 11.8. The molecule has 3 N–H and O–H groups in total. The van der Waals surface area contributed by atoms with Gasteiger partial charge in [0, 0.05) is 26.1 Å². The van der Waals surface area contributed by atoms with Crippen LogP contribution >= 0.6 is 24.0 Å². The number of hydrogen-bond donors (Lipinski definition) is 3. The molecule has 0 bridgehead atoms. The Hall–Kier alpha value is -2.40. The molecule has 0 unspecified atom stereocenters. The first-order chi connectivity index (χ1) is 15.8. The average molecular weight is 563 g/mol. The van der Waals surface area contributed by atoms with Crippen LogP contribution < -0.4 is 10.6 Å². The van der Waals surface area contributed by atoms with Gasteiger partial charge in [0.1, 0.15) is 5.82 Å². The van der Waals surface area contributed by atoms with E-state index in [9.17, 15) is 0 Å². The van der Waals surface area contributed by atoms with Crippen LogP contribution in [0.5, 0.6) is 0 Å². The number of hydrogen-bond acceptors (Lipinski definition) is 5. The molecular formula is C24H34IN7O. The summed E-state index contributed by atoms with van der Waals surface area (Å²) in [6.45, 7) is 7.73. The molecule has 33 heavy (non-hydrogen) atoms. The van der Waals surface area contributed by atoms with Crippen LogP contribution in [-0.4, -0.2) is 52.2 Å². The molecule has 178 valence electrons. The van der Waals surface area contributed by atoms with E-state index in [1.54, 1.807) is 6.26 Å². The molecule has 3 aromatic rings. The van der Waals surface area contributed by atoms with Gasteiger partial charge in [-0.05, 0) is 56.1 Å². The molecule has 0 radical (unpaired) electrons. The van der Waals surface area contributed by atoms with E-state index in [4.69, 9.17) is 9.41 Å². The number of aromatic nitrogens is 3. The zero-order valence-corrected chi connectivity index (χ0v) is 21.5. The van der Waals surface area contributed by atoms with Crippen molar-refractivity contribution in [3.8, 4) is 11.6 Å². The number of aliphatic imine (C=N–C) groups is 1. The van der Waals surface area contributed by atoms with Crippen LogP contribution in [0.15, 0.2) is 52.1 Å². The number of furan rings is 1. The monoisotopic (exact) mass is 563 g/mol. The van der Waals surface area contributed by atoms with E-state index in [0.717, 1.165) is 24.9 Å². The summed E-state index contributed by atoms with van der Waals surface area (Å²) >= 11 is 0. The van der Waals surface area contributed by atoms with E-state index in [1.165, 1.54) is 43.5 Å². The molecule has 4 rings (SSSR count). The second kappa shape index (κ2) is 13.3. The molecule has 0 atom stereocenters. The van der Waals surface area contributed by atoms with E-state index in [1.807, 2.05) is 12.1 Å². The molecule has 1 fully saturated rings. The molecule has 1 aliphatic rings. The minimum atomic E-state index is 0. The molecule has 1 saturated heterocycles. The number of nitrogens with zero attached hydrogens (tertiary/aromatic N) is 4. The van der Waals surface area contributed by atoms with Gasteiger partial charge in [0.2, 0.25) is 5.82 Å². The fraction of sp³-hybridized carbons (Fsp3) is 0.458. The Balaban J connectivity index is 0.00000306. The van der Waals surface area contributed by atoms with E-state index in [-0.39, 0.29) is 24.0 Å². The van der Waals surface area contributed by atoms with Crippen molar-refractivity contribution in [1.82, 2.24) is 30.7 Å². The van der Waals surface area contributed by atoms with Gasteiger partial charge < -0.3 is 15.1 Å². The van der Waals surface area contributed by atoms with Crippen LogP contribution in [0.25, 0.3) is 11.6 Å². The molecule has 0 aliphatic carbocycles. The van der Waals surface area contributed by atoms with Gasteiger partial charge >= 0.3 is 0 Å².